The van der Waals surface area contributed by atoms with Crippen LogP contribution in [0.5, 0.6) is 0 Å². The molecular weight excluding hydrogens is 166 g/mol. The second-order valence-electron chi connectivity index (χ2n) is 3.92. The maximum Gasteiger partial charge on any atom is 0.232 e. The Morgan fingerprint density at radius 3 is 2.23 bits per heavy atom. The van der Waals surface area contributed by atoms with E-state index in [0.29, 0.717) is 0 Å². The first-order valence-electron chi connectivity index (χ1n) is 4.26. The lowest BCUT2D eigenvalue weighted by atomic mass is 9.75. The molecule has 0 bridgehead atoms. The van der Waals surface area contributed by atoms with Crippen molar-refractivity contribution in [2.24, 2.45) is 11.3 Å². The molecule has 0 N–H and O–H groups in total. The molecule has 0 aliphatic carbocycles. The van der Waals surface area contributed by atoms with Gasteiger partial charge in [0.25, 0.3) is 0 Å². The van der Waals surface area contributed by atoms with Crippen LogP contribution in [0.1, 0.15) is 34.1 Å². The van der Waals surface area contributed by atoms with Gasteiger partial charge in [-0.25, -0.2) is 0 Å². The summed E-state index contributed by atoms with van der Waals surface area (Å²) in [5.74, 6) is -0.496. The number of carbonyl (C=O) groups excluding carboxylic acids is 2. The van der Waals surface area contributed by atoms with E-state index in [1.807, 2.05) is 6.92 Å². The van der Waals surface area contributed by atoms with Crippen LogP contribution in [0.15, 0.2) is 0 Å². The Bertz CT molecular complexity index is 261. The predicted molar refractivity (Wildman–Crippen MR) is 48.9 cm³/mol. The second kappa shape index (κ2) is 4.18. The number of nitriles is 1. The number of ketones is 2. The topological polar surface area (TPSA) is 57.9 Å². The SMILES string of the molecule is CC(=O)C(C)(C)C(C)CC(=O)C#N. The van der Waals surface area contributed by atoms with E-state index in [1.165, 1.54) is 6.92 Å². The molecule has 0 amide bonds. The third kappa shape index (κ3) is 2.98. The van der Waals surface area contributed by atoms with Gasteiger partial charge in [-0.05, 0) is 12.8 Å². The third-order valence-electron chi connectivity index (χ3n) is 2.76. The van der Waals surface area contributed by atoms with Crippen molar-refractivity contribution in [2.45, 2.75) is 34.1 Å². The Hall–Kier alpha value is -1.17. The van der Waals surface area contributed by atoms with E-state index in [4.69, 9.17) is 5.26 Å². The van der Waals surface area contributed by atoms with Crippen LogP contribution < -0.4 is 0 Å². The molecule has 0 rings (SSSR count). The second-order valence-corrected chi connectivity index (χ2v) is 3.92. The lowest BCUT2D eigenvalue weighted by molar-refractivity contribution is -0.128. The lowest BCUT2D eigenvalue weighted by Crippen LogP contribution is -2.30. The zero-order valence-electron chi connectivity index (χ0n) is 8.55. The molecule has 0 aliphatic rings. The summed E-state index contributed by atoms with van der Waals surface area (Å²) >= 11 is 0. The van der Waals surface area contributed by atoms with Gasteiger partial charge in [0.05, 0.1) is 0 Å². The fraction of sp³-hybridized carbons (Fsp3) is 0.700. The summed E-state index contributed by atoms with van der Waals surface area (Å²) in [5.41, 5.74) is -0.521. The molecule has 3 heteroatoms. The summed E-state index contributed by atoms with van der Waals surface area (Å²) in [4.78, 5) is 22.0. The van der Waals surface area contributed by atoms with Gasteiger partial charge in [0.2, 0.25) is 5.78 Å². The minimum absolute atomic E-state index is 0.0470. The number of carbonyl (C=O) groups is 2. The maximum absolute atomic E-state index is 11.2. The highest BCUT2D eigenvalue weighted by molar-refractivity contribution is 5.94. The molecule has 13 heavy (non-hydrogen) atoms. The van der Waals surface area contributed by atoms with Crippen LogP contribution in [0.3, 0.4) is 0 Å². The van der Waals surface area contributed by atoms with Crippen LogP contribution in [0.4, 0.5) is 0 Å². The average Bonchev–Trinajstić information content (AvgIpc) is 2.03. The third-order valence-corrected chi connectivity index (χ3v) is 2.76. The zero-order chi connectivity index (χ0) is 10.6. The molecule has 0 aromatic heterocycles. The molecule has 0 aliphatic heterocycles. The monoisotopic (exact) mass is 181 g/mol. The molecule has 72 valence electrons. The van der Waals surface area contributed by atoms with Crippen LogP contribution in [-0.4, -0.2) is 11.6 Å². The van der Waals surface area contributed by atoms with Crippen LogP contribution >= 0.6 is 0 Å². The van der Waals surface area contributed by atoms with E-state index >= 15 is 0 Å². The standard InChI is InChI=1S/C10H15NO2/c1-7(5-9(13)6-11)10(3,4)8(2)12/h7H,5H2,1-4H3. The molecule has 0 fully saturated rings. The molecule has 0 spiro atoms. The number of Topliss-reactive ketones (excluding diaryl/α,β-unsaturated/α-hetero) is 2. The minimum atomic E-state index is -0.521. The van der Waals surface area contributed by atoms with Gasteiger partial charge in [-0.2, -0.15) is 5.26 Å². The first-order valence-corrected chi connectivity index (χ1v) is 4.26. The summed E-state index contributed by atoms with van der Waals surface area (Å²) in [6.45, 7) is 6.92. The number of hydrogen-bond donors (Lipinski definition) is 0. The maximum atomic E-state index is 11.2. The van der Waals surface area contributed by atoms with E-state index in [9.17, 15) is 9.59 Å². The van der Waals surface area contributed by atoms with Crippen LogP contribution in [0, 0.1) is 22.7 Å². The molecule has 0 saturated carbocycles. The van der Waals surface area contributed by atoms with Crippen LogP contribution in [0.25, 0.3) is 0 Å². The first kappa shape index (κ1) is 11.8. The Morgan fingerprint density at radius 2 is 1.92 bits per heavy atom. The Kier molecular flexibility index (Phi) is 3.80. The van der Waals surface area contributed by atoms with E-state index in [1.54, 1.807) is 19.9 Å². The van der Waals surface area contributed by atoms with Gasteiger partial charge in [0.1, 0.15) is 11.9 Å². The minimum Gasteiger partial charge on any atom is -0.299 e. The van der Waals surface area contributed by atoms with Crippen molar-refractivity contribution in [3.05, 3.63) is 0 Å². The Labute approximate surface area is 78.7 Å². The average molecular weight is 181 g/mol. The molecule has 1 unspecified atom stereocenters. The summed E-state index contributed by atoms with van der Waals surface area (Å²) in [6, 6.07) is 1.56. The van der Waals surface area contributed by atoms with Gasteiger partial charge in [-0.15, -0.1) is 0 Å². The fourth-order valence-electron chi connectivity index (χ4n) is 0.926. The van der Waals surface area contributed by atoms with Crippen LogP contribution in [0.2, 0.25) is 0 Å². The van der Waals surface area contributed by atoms with E-state index in [0.717, 1.165) is 0 Å². The van der Waals surface area contributed by atoms with Gasteiger partial charge < -0.3 is 0 Å². The molecular formula is C10H15NO2. The summed E-state index contributed by atoms with van der Waals surface area (Å²) < 4.78 is 0. The smallest absolute Gasteiger partial charge is 0.232 e. The number of rotatable bonds is 4. The van der Waals surface area contributed by atoms with Gasteiger partial charge in [0, 0.05) is 11.8 Å². The van der Waals surface area contributed by atoms with E-state index in [-0.39, 0.29) is 18.1 Å². The molecule has 0 radical (unpaired) electrons. The van der Waals surface area contributed by atoms with E-state index in [2.05, 4.69) is 0 Å². The van der Waals surface area contributed by atoms with Gasteiger partial charge in [-0.1, -0.05) is 20.8 Å². The highest BCUT2D eigenvalue weighted by Gasteiger charge is 2.31. The molecule has 3 nitrogen and oxygen atoms in total. The van der Waals surface area contributed by atoms with Crippen molar-refractivity contribution in [1.82, 2.24) is 0 Å². The van der Waals surface area contributed by atoms with Crippen molar-refractivity contribution in [3.63, 3.8) is 0 Å². The fourth-order valence-corrected chi connectivity index (χ4v) is 0.926. The predicted octanol–water partition coefficient (Wildman–Crippen LogP) is 1.72. The van der Waals surface area contributed by atoms with E-state index < -0.39 is 11.2 Å². The van der Waals surface area contributed by atoms with Crippen molar-refractivity contribution in [2.75, 3.05) is 0 Å². The van der Waals surface area contributed by atoms with Crippen molar-refractivity contribution in [1.29, 1.82) is 5.26 Å². The Morgan fingerprint density at radius 1 is 1.46 bits per heavy atom. The molecule has 0 heterocycles. The lowest BCUT2D eigenvalue weighted by Gasteiger charge is -2.27. The van der Waals surface area contributed by atoms with Crippen LogP contribution in [-0.2, 0) is 9.59 Å². The van der Waals surface area contributed by atoms with Gasteiger partial charge in [0.15, 0.2) is 0 Å². The summed E-state index contributed by atoms with van der Waals surface area (Å²) in [5, 5.41) is 8.30. The highest BCUT2D eigenvalue weighted by atomic mass is 16.1. The Balaban J connectivity index is 4.44. The van der Waals surface area contributed by atoms with Crippen molar-refractivity contribution < 1.29 is 9.59 Å². The normalized spacial score (nSPS) is 13.2. The van der Waals surface area contributed by atoms with Crippen molar-refractivity contribution in [3.8, 4) is 6.07 Å². The van der Waals surface area contributed by atoms with Crippen molar-refractivity contribution >= 4 is 11.6 Å². The quantitative estimate of drug-likeness (QED) is 0.620. The zero-order valence-corrected chi connectivity index (χ0v) is 8.55. The van der Waals surface area contributed by atoms with Gasteiger partial charge in [-0.3, -0.25) is 9.59 Å². The highest BCUT2D eigenvalue weighted by Crippen LogP contribution is 2.29. The first-order chi connectivity index (χ1) is 5.82. The number of hydrogen-bond acceptors (Lipinski definition) is 3. The molecule has 0 aromatic carbocycles. The molecule has 0 aromatic rings. The summed E-state index contributed by atoms with van der Waals surface area (Å²) in [6.07, 6.45) is 0.156. The number of nitrogens with zero attached hydrogens (tertiary/aromatic N) is 1. The molecule has 1 atom stereocenters. The largest absolute Gasteiger partial charge is 0.299 e. The molecule has 0 saturated heterocycles. The van der Waals surface area contributed by atoms with Gasteiger partial charge >= 0.3 is 0 Å². The summed E-state index contributed by atoms with van der Waals surface area (Å²) in [7, 11) is 0.